The van der Waals surface area contributed by atoms with Gasteiger partial charge in [0.25, 0.3) is 0 Å². The van der Waals surface area contributed by atoms with Gasteiger partial charge in [-0.25, -0.2) is 0 Å². The molecule has 0 bridgehead atoms. The molecule has 0 heterocycles. The summed E-state index contributed by atoms with van der Waals surface area (Å²) < 4.78 is 5.08. The van der Waals surface area contributed by atoms with Crippen LogP contribution < -0.4 is 4.74 Å². The smallest absolute Gasteiger partial charge is 0.123 e. The van der Waals surface area contributed by atoms with Gasteiger partial charge in [0.1, 0.15) is 11.5 Å². The second-order valence-electron chi connectivity index (χ2n) is 4.91. The van der Waals surface area contributed by atoms with Crippen LogP contribution in [0.3, 0.4) is 0 Å². The Bertz CT molecular complexity index is 557. The van der Waals surface area contributed by atoms with Crippen molar-refractivity contribution in [1.29, 1.82) is 0 Å². The Morgan fingerprint density at radius 2 is 1.81 bits per heavy atom. The van der Waals surface area contributed by atoms with Crippen LogP contribution in [0.25, 0.3) is 0 Å². The molecule has 0 aliphatic heterocycles. The van der Waals surface area contributed by atoms with E-state index in [1.54, 1.807) is 13.2 Å². The fraction of sp³-hybridized carbons (Fsp3) is 0.294. The molecule has 2 N–H and O–H groups in total. The number of aliphatic hydroxyl groups excluding tert-OH is 1. The number of phenols is 1. The van der Waals surface area contributed by atoms with Gasteiger partial charge >= 0.3 is 0 Å². The van der Waals surface area contributed by atoms with Crippen LogP contribution in [0.5, 0.6) is 11.5 Å². The molecule has 2 rings (SSSR count). The Morgan fingerprint density at radius 3 is 2.43 bits per heavy atom. The predicted molar refractivity (Wildman–Crippen MR) is 82.3 cm³/mol. The maximum atomic E-state index is 10.0. The summed E-state index contributed by atoms with van der Waals surface area (Å²) in [6.45, 7) is 1.95. The SMILES string of the molecule is COc1ccc(CN(CCO)Cc2ccccc2)c(O)c1. The summed E-state index contributed by atoms with van der Waals surface area (Å²) >= 11 is 0. The predicted octanol–water partition coefficient (Wildman–Crippen LogP) is 2.40. The third-order valence-corrected chi connectivity index (χ3v) is 3.35. The number of aliphatic hydroxyl groups is 1. The van der Waals surface area contributed by atoms with E-state index in [-0.39, 0.29) is 12.4 Å². The molecule has 2 aromatic carbocycles. The van der Waals surface area contributed by atoms with Crippen LogP contribution in [0, 0.1) is 0 Å². The molecule has 4 nitrogen and oxygen atoms in total. The van der Waals surface area contributed by atoms with Gasteiger partial charge in [-0.15, -0.1) is 0 Å². The molecule has 0 saturated carbocycles. The van der Waals surface area contributed by atoms with Gasteiger partial charge in [-0.3, -0.25) is 4.90 Å². The lowest BCUT2D eigenvalue weighted by atomic mass is 10.1. The van der Waals surface area contributed by atoms with Gasteiger partial charge in [0.15, 0.2) is 0 Å². The minimum atomic E-state index is 0.0871. The lowest BCUT2D eigenvalue weighted by Gasteiger charge is -2.22. The van der Waals surface area contributed by atoms with Crippen molar-refractivity contribution in [3.63, 3.8) is 0 Å². The second kappa shape index (κ2) is 7.67. The Morgan fingerprint density at radius 1 is 1.05 bits per heavy atom. The highest BCUT2D eigenvalue weighted by Gasteiger charge is 2.10. The molecule has 0 fully saturated rings. The van der Waals surface area contributed by atoms with Gasteiger partial charge in [-0.05, 0) is 11.6 Å². The fourth-order valence-corrected chi connectivity index (χ4v) is 2.24. The number of phenolic OH excluding ortho intramolecular Hbond substituents is 1. The van der Waals surface area contributed by atoms with Crippen LogP contribution in [0.1, 0.15) is 11.1 Å². The number of hydrogen-bond donors (Lipinski definition) is 2. The average Bonchev–Trinajstić information content (AvgIpc) is 2.50. The molecule has 0 amide bonds. The van der Waals surface area contributed by atoms with Gasteiger partial charge in [0.2, 0.25) is 0 Å². The maximum Gasteiger partial charge on any atom is 0.123 e. The third kappa shape index (κ3) is 4.48. The zero-order chi connectivity index (χ0) is 15.1. The van der Waals surface area contributed by atoms with Crippen molar-refractivity contribution in [2.75, 3.05) is 20.3 Å². The molecule has 0 aliphatic rings. The lowest BCUT2D eigenvalue weighted by Crippen LogP contribution is -2.26. The lowest BCUT2D eigenvalue weighted by molar-refractivity contribution is 0.183. The average molecular weight is 287 g/mol. The normalized spacial score (nSPS) is 10.8. The summed E-state index contributed by atoms with van der Waals surface area (Å²) in [6.07, 6.45) is 0. The van der Waals surface area contributed by atoms with Crippen LogP contribution in [0.2, 0.25) is 0 Å². The zero-order valence-electron chi connectivity index (χ0n) is 12.2. The first-order chi connectivity index (χ1) is 10.2. The minimum absolute atomic E-state index is 0.0871. The maximum absolute atomic E-state index is 10.0. The van der Waals surface area contributed by atoms with Crippen molar-refractivity contribution in [3.8, 4) is 11.5 Å². The number of aromatic hydroxyl groups is 1. The molecule has 0 aromatic heterocycles. The number of ether oxygens (including phenoxy) is 1. The van der Waals surface area contributed by atoms with Crippen LogP contribution in [0.15, 0.2) is 48.5 Å². The molecule has 0 aliphatic carbocycles. The number of nitrogens with zero attached hydrogens (tertiary/aromatic N) is 1. The summed E-state index contributed by atoms with van der Waals surface area (Å²) in [6, 6.07) is 15.4. The first kappa shape index (κ1) is 15.4. The van der Waals surface area contributed by atoms with Crippen molar-refractivity contribution in [2.45, 2.75) is 13.1 Å². The minimum Gasteiger partial charge on any atom is -0.507 e. The summed E-state index contributed by atoms with van der Waals surface area (Å²) in [5.74, 6) is 0.846. The number of benzene rings is 2. The van der Waals surface area contributed by atoms with Crippen molar-refractivity contribution >= 4 is 0 Å². The van der Waals surface area contributed by atoms with Crippen molar-refractivity contribution < 1.29 is 14.9 Å². The van der Waals surface area contributed by atoms with E-state index < -0.39 is 0 Å². The molecule has 0 atom stereocenters. The summed E-state index contributed by atoms with van der Waals surface area (Å²) in [4.78, 5) is 2.09. The highest BCUT2D eigenvalue weighted by Crippen LogP contribution is 2.25. The number of hydrogen-bond acceptors (Lipinski definition) is 4. The van der Waals surface area contributed by atoms with E-state index in [1.807, 2.05) is 30.3 Å². The van der Waals surface area contributed by atoms with E-state index in [1.165, 1.54) is 5.56 Å². The van der Waals surface area contributed by atoms with Crippen LogP contribution in [-0.4, -0.2) is 35.4 Å². The molecule has 4 heteroatoms. The van der Waals surface area contributed by atoms with Crippen LogP contribution in [-0.2, 0) is 13.1 Å². The molecule has 0 saturated heterocycles. The van der Waals surface area contributed by atoms with E-state index in [9.17, 15) is 10.2 Å². The Labute approximate surface area is 125 Å². The first-order valence-corrected chi connectivity index (χ1v) is 6.96. The molecule has 0 radical (unpaired) electrons. The number of methoxy groups -OCH3 is 1. The third-order valence-electron chi connectivity index (χ3n) is 3.35. The van der Waals surface area contributed by atoms with Gasteiger partial charge < -0.3 is 14.9 Å². The summed E-state index contributed by atoms with van der Waals surface area (Å²) in [7, 11) is 1.57. The largest absolute Gasteiger partial charge is 0.507 e. The van der Waals surface area contributed by atoms with E-state index in [0.29, 0.717) is 18.8 Å². The first-order valence-electron chi connectivity index (χ1n) is 6.96. The van der Waals surface area contributed by atoms with Gasteiger partial charge in [0.05, 0.1) is 13.7 Å². The van der Waals surface area contributed by atoms with Gasteiger partial charge in [0, 0.05) is 31.3 Å². The highest BCUT2D eigenvalue weighted by molar-refractivity contribution is 5.39. The summed E-state index contributed by atoms with van der Waals surface area (Å²) in [5.41, 5.74) is 2.00. The molecular weight excluding hydrogens is 266 g/mol. The standard InChI is InChI=1S/C17H21NO3/c1-21-16-8-7-15(17(20)11-16)13-18(9-10-19)12-14-5-3-2-4-6-14/h2-8,11,19-20H,9-10,12-13H2,1H3. The second-order valence-corrected chi connectivity index (χ2v) is 4.91. The Hall–Kier alpha value is -2.04. The molecule has 21 heavy (non-hydrogen) atoms. The summed E-state index contributed by atoms with van der Waals surface area (Å²) in [5, 5.41) is 19.3. The van der Waals surface area contributed by atoms with E-state index in [2.05, 4.69) is 17.0 Å². The quantitative estimate of drug-likeness (QED) is 0.821. The van der Waals surface area contributed by atoms with Gasteiger partial charge in [-0.1, -0.05) is 36.4 Å². The molecule has 0 spiro atoms. The van der Waals surface area contributed by atoms with Gasteiger partial charge in [-0.2, -0.15) is 0 Å². The Kier molecular flexibility index (Phi) is 5.60. The van der Waals surface area contributed by atoms with E-state index >= 15 is 0 Å². The van der Waals surface area contributed by atoms with Crippen molar-refractivity contribution in [2.24, 2.45) is 0 Å². The molecule has 0 unspecified atom stereocenters. The highest BCUT2D eigenvalue weighted by atomic mass is 16.5. The Balaban J connectivity index is 2.09. The fourth-order valence-electron chi connectivity index (χ4n) is 2.24. The van der Waals surface area contributed by atoms with Crippen molar-refractivity contribution in [3.05, 3.63) is 59.7 Å². The monoisotopic (exact) mass is 287 g/mol. The number of rotatable bonds is 7. The van der Waals surface area contributed by atoms with Crippen LogP contribution >= 0.6 is 0 Å². The molecular formula is C17H21NO3. The molecule has 2 aromatic rings. The van der Waals surface area contributed by atoms with Crippen LogP contribution in [0.4, 0.5) is 0 Å². The topological polar surface area (TPSA) is 52.9 Å². The van der Waals surface area contributed by atoms with E-state index in [0.717, 1.165) is 12.1 Å². The zero-order valence-corrected chi connectivity index (χ0v) is 12.2. The van der Waals surface area contributed by atoms with E-state index in [4.69, 9.17) is 4.74 Å². The van der Waals surface area contributed by atoms with Crippen molar-refractivity contribution in [1.82, 2.24) is 4.90 Å². The molecule has 112 valence electrons.